The fraction of sp³-hybridized carbons (Fsp3) is 0.200. The number of ether oxygens (including phenoxy) is 5. The summed E-state index contributed by atoms with van der Waals surface area (Å²) in [6, 6.07) is 31.8. The lowest BCUT2D eigenvalue weighted by Gasteiger charge is -1.97. The number of hydrogen-bond donors (Lipinski definition) is 0. The second kappa shape index (κ2) is 13.6. The summed E-state index contributed by atoms with van der Waals surface area (Å²) in [5.74, 6) is 4.35. The van der Waals surface area contributed by atoms with E-state index in [0.717, 1.165) is 28.7 Å². The van der Waals surface area contributed by atoms with Gasteiger partial charge in [-0.2, -0.15) is 0 Å². The highest BCUT2D eigenvalue weighted by Crippen LogP contribution is 2.32. The first kappa shape index (κ1) is 25.5. The van der Waals surface area contributed by atoms with Gasteiger partial charge in [0.2, 0.25) is 13.6 Å². The molecule has 4 aromatic rings. The molecule has 2 heterocycles. The highest BCUT2D eigenvalue weighted by Gasteiger charge is 2.12. The molecular weight excluding hydrogens is 440 g/mol. The molecule has 0 saturated carbocycles. The molecule has 2 aliphatic heterocycles. The first-order valence-corrected chi connectivity index (χ1v) is 11.4. The molecule has 0 amide bonds. The Morgan fingerprint density at radius 3 is 1.31 bits per heavy atom. The highest BCUT2D eigenvalue weighted by atomic mass is 16.7. The first-order valence-electron chi connectivity index (χ1n) is 11.4. The normalized spacial score (nSPS) is 11.5. The van der Waals surface area contributed by atoms with Crippen LogP contribution in [-0.2, 0) is 0 Å². The van der Waals surface area contributed by atoms with E-state index < -0.39 is 0 Å². The van der Waals surface area contributed by atoms with Crippen molar-refractivity contribution in [1.29, 1.82) is 0 Å². The predicted octanol–water partition coefficient (Wildman–Crippen LogP) is 7.14. The van der Waals surface area contributed by atoms with Crippen LogP contribution in [0.25, 0.3) is 0 Å². The fourth-order valence-corrected chi connectivity index (χ4v) is 3.13. The summed E-state index contributed by atoms with van der Waals surface area (Å²) < 4.78 is 25.6. The minimum Gasteiger partial charge on any atom is -0.497 e. The van der Waals surface area contributed by atoms with Gasteiger partial charge in [-0.3, -0.25) is 0 Å². The van der Waals surface area contributed by atoms with Crippen molar-refractivity contribution < 1.29 is 23.7 Å². The molecule has 2 aliphatic rings. The lowest BCUT2D eigenvalue weighted by molar-refractivity contribution is 0.173. The molecule has 0 atom stereocenters. The minimum atomic E-state index is 0.360. The van der Waals surface area contributed by atoms with E-state index in [2.05, 4.69) is 0 Å². The zero-order chi connectivity index (χ0) is 24.9. The molecule has 0 unspecified atom stereocenters. The summed E-state index contributed by atoms with van der Waals surface area (Å²) >= 11 is 0. The van der Waals surface area contributed by atoms with Gasteiger partial charge in [-0.05, 0) is 73.9 Å². The smallest absolute Gasteiger partial charge is 0.231 e. The number of aryl methyl sites for hydroxylation is 3. The van der Waals surface area contributed by atoms with Crippen LogP contribution in [0.5, 0.6) is 28.7 Å². The Balaban J connectivity index is 0.000000133. The second-order valence-electron chi connectivity index (χ2n) is 7.89. The molecule has 0 bridgehead atoms. The maximum absolute atomic E-state index is 5.16. The maximum Gasteiger partial charge on any atom is 0.231 e. The van der Waals surface area contributed by atoms with Gasteiger partial charge >= 0.3 is 0 Å². The molecule has 0 spiro atoms. The third-order valence-electron chi connectivity index (χ3n) is 4.95. The Labute approximate surface area is 207 Å². The molecule has 4 aromatic carbocycles. The van der Waals surface area contributed by atoms with Crippen molar-refractivity contribution in [2.45, 2.75) is 20.8 Å². The van der Waals surface area contributed by atoms with Gasteiger partial charge < -0.3 is 23.7 Å². The third kappa shape index (κ3) is 8.63. The lowest BCUT2D eigenvalue weighted by Crippen LogP contribution is -1.92. The Morgan fingerprint density at radius 2 is 0.914 bits per heavy atom. The molecule has 0 fully saturated rings. The summed E-state index contributed by atoms with van der Waals surface area (Å²) in [6.45, 7) is 6.82. The standard InChI is InChI=1S/2C8H8O2.C8H10O.C6H6/c2*1-6-2-3-7-8(4-6)10-5-9-7;1-7-4-3-5-8(6-7)9-2;1-2-4-6-5-3-1/h2*2-4H,5H2,1H3;3-6H,1-2H3;1-6H. The maximum atomic E-state index is 5.16. The van der Waals surface area contributed by atoms with Gasteiger partial charge in [-0.15, -0.1) is 0 Å². The SMILES string of the molecule is COc1cccc(C)c1.Cc1ccc2c(c1)OCO2.Cc1ccc2c(c1)OCO2.c1ccccc1. The van der Waals surface area contributed by atoms with E-state index in [9.17, 15) is 0 Å². The first-order chi connectivity index (χ1) is 17.0. The van der Waals surface area contributed by atoms with Gasteiger partial charge in [0.05, 0.1) is 7.11 Å². The topological polar surface area (TPSA) is 46.2 Å². The van der Waals surface area contributed by atoms with Gasteiger partial charge in [-0.1, -0.05) is 60.7 Å². The van der Waals surface area contributed by atoms with Crippen LogP contribution in [0.1, 0.15) is 16.7 Å². The van der Waals surface area contributed by atoms with Crippen LogP contribution < -0.4 is 23.7 Å². The van der Waals surface area contributed by atoms with Crippen LogP contribution in [0.2, 0.25) is 0 Å². The average Bonchev–Trinajstić information content (AvgIpc) is 3.55. The van der Waals surface area contributed by atoms with E-state index in [4.69, 9.17) is 23.7 Å². The molecule has 182 valence electrons. The number of fused-ring (bicyclic) bond motifs is 2. The predicted molar refractivity (Wildman–Crippen MR) is 139 cm³/mol. The van der Waals surface area contributed by atoms with Crippen LogP contribution >= 0.6 is 0 Å². The van der Waals surface area contributed by atoms with Crippen LogP contribution in [0.4, 0.5) is 0 Å². The van der Waals surface area contributed by atoms with Crippen LogP contribution in [-0.4, -0.2) is 20.7 Å². The van der Waals surface area contributed by atoms with Gasteiger partial charge in [0, 0.05) is 0 Å². The van der Waals surface area contributed by atoms with E-state index in [-0.39, 0.29) is 0 Å². The summed E-state index contributed by atoms with van der Waals surface area (Å²) in [4.78, 5) is 0. The Bertz CT molecular complexity index is 1090. The highest BCUT2D eigenvalue weighted by molar-refractivity contribution is 5.44. The van der Waals surface area contributed by atoms with E-state index in [1.54, 1.807) is 7.11 Å². The second-order valence-corrected chi connectivity index (χ2v) is 7.89. The number of methoxy groups -OCH3 is 1. The van der Waals surface area contributed by atoms with E-state index in [1.807, 2.05) is 118 Å². The van der Waals surface area contributed by atoms with Crippen molar-refractivity contribution in [1.82, 2.24) is 0 Å². The van der Waals surface area contributed by atoms with E-state index >= 15 is 0 Å². The fourth-order valence-electron chi connectivity index (χ4n) is 3.13. The molecule has 35 heavy (non-hydrogen) atoms. The summed E-state index contributed by atoms with van der Waals surface area (Å²) in [5.41, 5.74) is 3.63. The minimum absolute atomic E-state index is 0.360. The van der Waals surface area contributed by atoms with Crippen molar-refractivity contribution in [2.24, 2.45) is 0 Å². The molecular formula is C30H32O5. The van der Waals surface area contributed by atoms with Crippen molar-refractivity contribution in [3.05, 3.63) is 114 Å². The molecule has 6 rings (SSSR count). The van der Waals surface area contributed by atoms with Gasteiger partial charge in [0.1, 0.15) is 5.75 Å². The van der Waals surface area contributed by atoms with E-state index in [1.165, 1.54) is 16.7 Å². The van der Waals surface area contributed by atoms with Crippen LogP contribution in [0, 0.1) is 20.8 Å². The van der Waals surface area contributed by atoms with E-state index in [0.29, 0.717) is 13.6 Å². The van der Waals surface area contributed by atoms with Crippen molar-refractivity contribution in [3.63, 3.8) is 0 Å². The van der Waals surface area contributed by atoms with Crippen molar-refractivity contribution in [2.75, 3.05) is 20.7 Å². The molecule has 0 radical (unpaired) electrons. The quantitative estimate of drug-likeness (QED) is 0.295. The number of hydrogen-bond acceptors (Lipinski definition) is 5. The molecule has 0 aromatic heterocycles. The molecule has 0 aliphatic carbocycles. The third-order valence-corrected chi connectivity index (χ3v) is 4.95. The van der Waals surface area contributed by atoms with Crippen LogP contribution in [0.3, 0.4) is 0 Å². The zero-order valence-electron chi connectivity index (χ0n) is 20.7. The zero-order valence-corrected chi connectivity index (χ0v) is 20.7. The van der Waals surface area contributed by atoms with Crippen molar-refractivity contribution in [3.8, 4) is 28.7 Å². The van der Waals surface area contributed by atoms with Crippen molar-refractivity contribution >= 4 is 0 Å². The Morgan fingerprint density at radius 1 is 0.486 bits per heavy atom. The molecule has 0 saturated heterocycles. The number of benzene rings is 4. The molecule has 0 N–H and O–H groups in total. The average molecular weight is 473 g/mol. The Kier molecular flexibility index (Phi) is 9.88. The largest absolute Gasteiger partial charge is 0.497 e. The van der Waals surface area contributed by atoms with Crippen LogP contribution in [0.15, 0.2) is 97.1 Å². The number of rotatable bonds is 1. The van der Waals surface area contributed by atoms with Gasteiger partial charge in [0.25, 0.3) is 0 Å². The summed E-state index contributed by atoms with van der Waals surface area (Å²) in [5, 5.41) is 0. The summed E-state index contributed by atoms with van der Waals surface area (Å²) in [6.07, 6.45) is 0. The lowest BCUT2D eigenvalue weighted by atomic mass is 10.2. The molecule has 5 nitrogen and oxygen atoms in total. The summed E-state index contributed by atoms with van der Waals surface area (Å²) in [7, 11) is 1.68. The Hall–Kier alpha value is -4.12. The molecule has 5 heteroatoms. The monoisotopic (exact) mass is 472 g/mol. The van der Waals surface area contributed by atoms with Gasteiger partial charge in [0.15, 0.2) is 23.0 Å². The van der Waals surface area contributed by atoms with Gasteiger partial charge in [-0.25, -0.2) is 0 Å².